The van der Waals surface area contributed by atoms with Gasteiger partial charge in [-0.2, -0.15) is 4.98 Å². The van der Waals surface area contributed by atoms with E-state index in [-0.39, 0.29) is 11.9 Å². The lowest BCUT2D eigenvalue weighted by atomic mass is 10.2. The molecule has 2 aromatic rings. The van der Waals surface area contributed by atoms with Gasteiger partial charge in [0.05, 0.1) is 6.10 Å². The van der Waals surface area contributed by atoms with Crippen LogP contribution in [0.5, 0.6) is 5.75 Å². The summed E-state index contributed by atoms with van der Waals surface area (Å²) in [4.78, 5) is 4.19. The van der Waals surface area contributed by atoms with Gasteiger partial charge in [0.15, 0.2) is 0 Å². The molecule has 1 aromatic heterocycles. The maximum Gasteiger partial charge on any atom is 0.227 e. The predicted molar refractivity (Wildman–Crippen MR) is 61.4 cm³/mol. The van der Waals surface area contributed by atoms with Crippen LogP contribution in [0, 0.1) is 0 Å². The fourth-order valence-electron chi connectivity index (χ4n) is 1.45. The Morgan fingerprint density at radius 2 is 2.24 bits per heavy atom. The van der Waals surface area contributed by atoms with Crippen LogP contribution in [-0.4, -0.2) is 26.5 Å². The molecule has 0 bridgehead atoms. The molecule has 5 heteroatoms. The average molecular weight is 234 g/mol. The van der Waals surface area contributed by atoms with Crippen molar-refractivity contribution in [2.45, 2.75) is 25.9 Å². The van der Waals surface area contributed by atoms with Gasteiger partial charge in [-0.25, -0.2) is 0 Å². The van der Waals surface area contributed by atoms with E-state index in [0.29, 0.717) is 30.1 Å². The summed E-state index contributed by atoms with van der Waals surface area (Å²) in [5.41, 5.74) is 0.706. The molecular weight excluding hydrogens is 220 g/mol. The van der Waals surface area contributed by atoms with Gasteiger partial charge in [0.25, 0.3) is 0 Å². The van der Waals surface area contributed by atoms with E-state index in [9.17, 15) is 5.11 Å². The second-order valence-corrected chi connectivity index (χ2v) is 3.95. The zero-order valence-electron chi connectivity index (χ0n) is 9.50. The highest BCUT2D eigenvalue weighted by Gasteiger charge is 2.09. The van der Waals surface area contributed by atoms with Crippen molar-refractivity contribution in [3.8, 4) is 17.1 Å². The van der Waals surface area contributed by atoms with Crippen LogP contribution in [0.1, 0.15) is 19.2 Å². The molecule has 17 heavy (non-hydrogen) atoms. The highest BCUT2D eigenvalue weighted by atomic mass is 16.5. The number of aliphatic hydroxyl groups excluding tert-OH is 1. The molecule has 0 saturated heterocycles. The highest BCUT2D eigenvalue weighted by molar-refractivity contribution is 5.56. The summed E-state index contributed by atoms with van der Waals surface area (Å²) in [6.07, 6.45) is 0.747. The lowest BCUT2D eigenvalue weighted by Gasteiger charge is -1.98. The van der Waals surface area contributed by atoms with E-state index in [0.717, 1.165) is 0 Å². The molecule has 0 radical (unpaired) electrons. The standard InChI is InChI=1S/C12H14N2O3/c1-8(15)5-6-11-13-12(14-17-11)9-3-2-4-10(16)7-9/h2-4,7-8,15-16H,5-6H2,1H3. The van der Waals surface area contributed by atoms with E-state index in [1.54, 1.807) is 31.2 Å². The maximum atomic E-state index is 9.34. The van der Waals surface area contributed by atoms with Gasteiger partial charge in [-0.3, -0.25) is 0 Å². The monoisotopic (exact) mass is 234 g/mol. The molecule has 0 aliphatic rings. The fraction of sp³-hybridized carbons (Fsp3) is 0.333. The lowest BCUT2D eigenvalue weighted by Crippen LogP contribution is -2.01. The minimum atomic E-state index is -0.383. The van der Waals surface area contributed by atoms with Crippen LogP contribution in [0.25, 0.3) is 11.4 Å². The van der Waals surface area contributed by atoms with E-state index < -0.39 is 0 Å². The number of aliphatic hydroxyl groups is 1. The number of phenolic OH excluding ortho intramolecular Hbond substituents is 1. The third-order valence-corrected chi connectivity index (χ3v) is 2.35. The maximum absolute atomic E-state index is 9.34. The van der Waals surface area contributed by atoms with Crippen LogP contribution in [0.3, 0.4) is 0 Å². The molecule has 0 saturated carbocycles. The summed E-state index contributed by atoms with van der Waals surface area (Å²) in [6.45, 7) is 1.71. The Hall–Kier alpha value is -1.88. The molecule has 90 valence electrons. The first-order valence-corrected chi connectivity index (χ1v) is 5.45. The SMILES string of the molecule is CC(O)CCc1nc(-c2cccc(O)c2)no1. The van der Waals surface area contributed by atoms with Gasteiger partial charge in [-0.15, -0.1) is 0 Å². The molecule has 1 unspecified atom stereocenters. The summed E-state index contributed by atoms with van der Waals surface area (Å²) >= 11 is 0. The number of aryl methyl sites for hydroxylation is 1. The van der Waals surface area contributed by atoms with Crippen molar-refractivity contribution in [1.82, 2.24) is 10.1 Å². The summed E-state index contributed by atoms with van der Waals surface area (Å²) in [6, 6.07) is 6.67. The Balaban J connectivity index is 2.12. The second kappa shape index (κ2) is 4.97. The fourth-order valence-corrected chi connectivity index (χ4v) is 1.45. The largest absolute Gasteiger partial charge is 0.508 e. The minimum Gasteiger partial charge on any atom is -0.508 e. The molecule has 1 atom stereocenters. The van der Waals surface area contributed by atoms with Gasteiger partial charge in [-0.1, -0.05) is 17.3 Å². The Morgan fingerprint density at radius 3 is 2.94 bits per heavy atom. The number of rotatable bonds is 4. The van der Waals surface area contributed by atoms with Crippen molar-refractivity contribution in [2.75, 3.05) is 0 Å². The number of phenols is 1. The van der Waals surface area contributed by atoms with E-state index in [1.165, 1.54) is 0 Å². The molecule has 1 heterocycles. The van der Waals surface area contributed by atoms with E-state index in [2.05, 4.69) is 10.1 Å². The van der Waals surface area contributed by atoms with Gasteiger partial charge >= 0.3 is 0 Å². The molecule has 0 amide bonds. The topological polar surface area (TPSA) is 79.4 Å². The van der Waals surface area contributed by atoms with Crippen molar-refractivity contribution >= 4 is 0 Å². The van der Waals surface area contributed by atoms with Crippen LogP contribution < -0.4 is 0 Å². The molecular formula is C12H14N2O3. The van der Waals surface area contributed by atoms with Crippen LogP contribution in [0.2, 0.25) is 0 Å². The second-order valence-electron chi connectivity index (χ2n) is 3.95. The molecule has 1 aromatic carbocycles. The highest BCUT2D eigenvalue weighted by Crippen LogP contribution is 2.20. The first-order valence-electron chi connectivity index (χ1n) is 5.45. The molecule has 2 rings (SSSR count). The van der Waals surface area contributed by atoms with Crippen molar-refractivity contribution in [2.24, 2.45) is 0 Å². The normalized spacial score (nSPS) is 12.6. The average Bonchev–Trinajstić information content (AvgIpc) is 2.75. The summed E-state index contributed by atoms with van der Waals surface area (Å²) in [7, 11) is 0. The van der Waals surface area contributed by atoms with E-state index >= 15 is 0 Å². The molecule has 0 aliphatic heterocycles. The van der Waals surface area contributed by atoms with E-state index in [4.69, 9.17) is 9.63 Å². The van der Waals surface area contributed by atoms with Crippen molar-refractivity contribution in [3.05, 3.63) is 30.2 Å². The summed E-state index contributed by atoms with van der Waals surface area (Å²) in [5, 5.41) is 22.3. The molecule has 0 fully saturated rings. The minimum absolute atomic E-state index is 0.165. The third kappa shape index (κ3) is 3.04. The van der Waals surface area contributed by atoms with Gasteiger partial charge in [0.2, 0.25) is 11.7 Å². The van der Waals surface area contributed by atoms with Crippen molar-refractivity contribution < 1.29 is 14.7 Å². The Morgan fingerprint density at radius 1 is 1.41 bits per heavy atom. The number of aromatic nitrogens is 2. The van der Waals surface area contributed by atoms with Crippen LogP contribution >= 0.6 is 0 Å². The molecule has 0 aliphatic carbocycles. The zero-order chi connectivity index (χ0) is 12.3. The quantitative estimate of drug-likeness (QED) is 0.842. The zero-order valence-corrected chi connectivity index (χ0v) is 9.50. The number of hydrogen-bond donors (Lipinski definition) is 2. The Bertz CT molecular complexity index is 494. The number of nitrogens with zero attached hydrogens (tertiary/aromatic N) is 2. The predicted octanol–water partition coefficient (Wildman–Crippen LogP) is 1.76. The summed E-state index contributed by atoms with van der Waals surface area (Å²) < 4.78 is 5.06. The first kappa shape index (κ1) is 11.6. The van der Waals surface area contributed by atoms with E-state index in [1.807, 2.05) is 0 Å². The van der Waals surface area contributed by atoms with Gasteiger partial charge in [0, 0.05) is 12.0 Å². The van der Waals surface area contributed by atoms with Crippen molar-refractivity contribution in [3.63, 3.8) is 0 Å². The number of benzene rings is 1. The summed E-state index contributed by atoms with van der Waals surface area (Å²) in [5.74, 6) is 1.10. The van der Waals surface area contributed by atoms with Crippen LogP contribution in [0.4, 0.5) is 0 Å². The Kier molecular flexibility index (Phi) is 3.39. The number of aromatic hydroxyl groups is 1. The molecule has 5 nitrogen and oxygen atoms in total. The molecule has 0 spiro atoms. The molecule has 2 N–H and O–H groups in total. The Labute approximate surface area is 98.7 Å². The van der Waals surface area contributed by atoms with Crippen molar-refractivity contribution in [1.29, 1.82) is 0 Å². The smallest absolute Gasteiger partial charge is 0.227 e. The van der Waals surface area contributed by atoms with Gasteiger partial charge in [0.1, 0.15) is 5.75 Å². The van der Waals surface area contributed by atoms with Crippen LogP contribution in [0.15, 0.2) is 28.8 Å². The number of hydrogen-bond acceptors (Lipinski definition) is 5. The van der Waals surface area contributed by atoms with Gasteiger partial charge in [-0.05, 0) is 25.5 Å². The first-order chi connectivity index (χ1) is 8.15. The third-order valence-electron chi connectivity index (χ3n) is 2.35. The van der Waals surface area contributed by atoms with Gasteiger partial charge < -0.3 is 14.7 Å². The lowest BCUT2D eigenvalue weighted by molar-refractivity contribution is 0.180. The van der Waals surface area contributed by atoms with Crippen LogP contribution in [-0.2, 0) is 6.42 Å².